The fraction of sp³-hybridized carbons (Fsp3) is 0.556. The molecule has 2 amide bonds. The maximum atomic E-state index is 12.8. The van der Waals surface area contributed by atoms with Crippen molar-refractivity contribution in [1.29, 1.82) is 0 Å². The fourth-order valence-corrected chi connectivity index (χ4v) is 2.88. The Balaban J connectivity index is 2.03. The van der Waals surface area contributed by atoms with E-state index in [9.17, 15) is 19.7 Å². The zero-order valence-electron chi connectivity index (χ0n) is 15.4. The highest BCUT2D eigenvalue weighted by Gasteiger charge is 2.27. The van der Waals surface area contributed by atoms with Gasteiger partial charge in [-0.1, -0.05) is 13.8 Å². The highest BCUT2D eigenvalue weighted by molar-refractivity contribution is 5.97. The van der Waals surface area contributed by atoms with Crippen LogP contribution in [0.3, 0.4) is 0 Å². The van der Waals surface area contributed by atoms with Crippen LogP contribution in [0, 0.1) is 16.0 Å². The highest BCUT2D eigenvalue weighted by atomic mass is 16.6. The standard InChI is InChI=1S/C18H25N3O5/c1-13(2)4-7-17(22)19-8-10-20(11-9-19)18(23)15-12-14(21(24)25)5-6-16(15)26-3/h5-6,12-13H,4,7-11H2,1-3H3. The van der Waals surface area contributed by atoms with Crippen LogP contribution in [-0.2, 0) is 4.79 Å². The molecule has 0 radical (unpaired) electrons. The Kier molecular flexibility index (Phi) is 6.54. The fourth-order valence-electron chi connectivity index (χ4n) is 2.88. The van der Waals surface area contributed by atoms with Gasteiger partial charge in [-0.15, -0.1) is 0 Å². The molecule has 0 bridgehead atoms. The maximum absolute atomic E-state index is 12.8. The Hall–Kier alpha value is -2.64. The predicted octanol–water partition coefficient (Wildman–Crippen LogP) is 2.32. The predicted molar refractivity (Wildman–Crippen MR) is 96.2 cm³/mol. The number of rotatable bonds is 6. The van der Waals surface area contributed by atoms with Crippen LogP contribution in [0.4, 0.5) is 5.69 Å². The number of carbonyl (C=O) groups is 2. The Labute approximate surface area is 152 Å². The van der Waals surface area contributed by atoms with Crippen molar-refractivity contribution in [2.75, 3.05) is 33.3 Å². The first-order chi connectivity index (χ1) is 12.3. The molecule has 0 atom stereocenters. The Bertz CT molecular complexity index is 681. The monoisotopic (exact) mass is 363 g/mol. The van der Waals surface area contributed by atoms with E-state index in [1.54, 1.807) is 9.80 Å². The molecule has 1 aliphatic rings. The number of benzene rings is 1. The maximum Gasteiger partial charge on any atom is 0.270 e. The van der Waals surface area contributed by atoms with Crippen molar-refractivity contribution in [3.8, 4) is 5.75 Å². The van der Waals surface area contributed by atoms with E-state index in [2.05, 4.69) is 13.8 Å². The topological polar surface area (TPSA) is 93.0 Å². The number of methoxy groups -OCH3 is 1. The van der Waals surface area contributed by atoms with E-state index in [1.807, 2.05) is 0 Å². The summed E-state index contributed by atoms with van der Waals surface area (Å²) >= 11 is 0. The van der Waals surface area contributed by atoms with Crippen molar-refractivity contribution in [3.63, 3.8) is 0 Å². The molecular formula is C18H25N3O5. The second kappa shape index (κ2) is 8.64. The third-order valence-electron chi connectivity index (χ3n) is 4.48. The van der Waals surface area contributed by atoms with Crippen LogP contribution in [0.1, 0.15) is 37.0 Å². The molecule has 1 aromatic carbocycles. The number of non-ortho nitro benzene ring substituents is 1. The molecule has 8 nitrogen and oxygen atoms in total. The molecule has 1 heterocycles. The molecule has 1 fully saturated rings. The minimum absolute atomic E-state index is 0.110. The number of carbonyl (C=O) groups excluding carboxylic acids is 2. The molecule has 1 saturated heterocycles. The molecule has 0 aliphatic carbocycles. The van der Waals surface area contributed by atoms with Crippen LogP contribution in [0.2, 0.25) is 0 Å². The van der Waals surface area contributed by atoms with Crippen LogP contribution < -0.4 is 4.74 Å². The zero-order chi connectivity index (χ0) is 19.3. The summed E-state index contributed by atoms with van der Waals surface area (Å²) in [5, 5.41) is 11.0. The second-order valence-corrected chi connectivity index (χ2v) is 6.75. The molecule has 0 N–H and O–H groups in total. The highest BCUT2D eigenvalue weighted by Crippen LogP contribution is 2.25. The minimum atomic E-state index is -0.540. The van der Waals surface area contributed by atoms with Crippen LogP contribution in [0.15, 0.2) is 18.2 Å². The zero-order valence-corrected chi connectivity index (χ0v) is 15.4. The lowest BCUT2D eigenvalue weighted by molar-refractivity contribution is -0.384. The van der Waals surface area contributed by atoms with Crippen LogP contribution >= 0.6 is 0 Å². The number of hydrogen-bond donors (Lipinski definition) is 0. The summed E-state index contributed by atoms with van der Waals surface area (Å²) in [5.41, 5.74) is 0.0120. The molecular weight excluding hydrogens is 338 g/mol. The summed E-state index contributed by atoms with van der Waals surface area (Å²) in [6.07, 6.45) is 1.37. The van der Waals surface area contributed by atoms with E-state index in [1.165, 1.54) is 25.3 Å². The van der Waals surface area contributed by atoms with Crippen molar-refractivity contribution < 1.29 is 19.2 Å². The summed E-state index contributed by atoms with van der Waals surface area (Å²) < 4.78 is 5.17. The average Bonchev–Trinajstić information content (AvgIpc) is 2.64. The van der Waals surface area contributed by atoms with E-state index in [4.69, 9.17) is 4.74 Å². The largest absolute Gasteiger partial charge is 0.496 e. The minimum Gasteiger partial charge on any atom is -0.496 e. The van der Waals surface area contributed by atoms with Gasteiger partial charge in [0.05, 0.1) is 17.6 Å². The molecule has 26 heavy (non-hydrogen) atoms. The lowest BCUT2D eigenvalue weighted by Crippen LogP contribution is -2.50. The van der Waals surface area contributed by atoms with E-state index >= 15 is 0 Å². The molecule has 1 aliphatic heterocycles. The van der Waals surface area contributed by atoms with Gasteiger partial charge >= 0.3 is 0 Å². The van der Waals surface area contributed by atoms with Crippen LogP contribution in [0.5, 0.6) is 5.75 Å². The molecule has 0 unspecified atom stereocenters. The normalized spacial score (nSPS) is 14.5. The van der Waals surface area contributed by atoms with Crippen molar-refractivity contribution in [2.24, 2.45) is 5.92 Å². The third-order valence-corrected chi connectivity index (χ3v) is 4.48. The van der Waals surface area contributed by atoms with Gasteiger partial charge in [-0.3, -0.25) is 19.7 Å². The number of piperazine rings is 1. The number of hydrogen-bond acceptors (Lipinski definition) is 5. The van der Waals surface area contributed by atoms with Gasteiger partial charge in [0.2, 0.25) is 5.91 Å². The molecule has 0 aromatic heterocycles. The van der Waals surface area contributed by atoms with Crippen molar-refractivity contribution in [1.82, 2.24) is 9.80 Å². The first kappa shape index (κ1) is 19.7. The van der Waals surface area contributed by atoms with Gasteiger partial charge in [-0.05, 0) is 18.4 Å². The molecule has 2 rings (SSSR count). The number of nitro benzene ring substituents is 1. The average molecular weight is 363 g/mol. The lowest BCUT2D eigenvalue weighted by atomic mass is 10.1. The van der Waals surface area contributed by atoms with E-state index in [-0.39, 0.29) is 23.1 Å². The van der Waals surface area contributed by atoms with Gasteiger partial charge in [0.25, 0.3) is 11.6 Å². The van der Waals surface area contributed by atoms with Gasteiger partial charge in [-0.2, -0.15) is 0 Å². The first-order valence-electron chi connectivity index (χ1n) is 8.73. The summed E-state index contributed by atoms with van der Waals surface area (Å²) in [6, 6.07) is 3.97. The molecule has 0 saturated carbocycles. The van der Waals surface area contributed by atoms with E-state index < -0.39 is 4.92 Å². The smallest absolute Gasteiger partial charge is 0.270 e. The second-order valence-electron chi connectivity index (χ2n) is 6.75. The van der Waals surface area contributed by atoms with Gasteiger partial charge in [0, 0.05) is 44.7 Å². The number of ether oxygens (including phenoxy) is 1. The number of amides is 2. The quantitative estimate of drug-likeness (QED) is 0.571. The van der Waals surface area contributed by atoms with Gasteiger partial charge in [0.1, 0.15) is 5.75 Å². The van der Waals surface area contributed by atoms with E-state index in [0.29, 0.717) is 44.3 Å². The van der Waals surface area contributed by atoms with Crippen molar-refractivity contribution >= 4 is 17.5 Å². The Morgan fingerprint density at radius 3 is 2.35 bits per heavy atom. The summed E-state index contributed by atoms with van der Waals surface area (Å²) in [7, 11) is 1.42. The summed E-state index contributed by atoms with van der Waals surface area (Å²) in [6.45, 7) is 5.91. The van der Waals surface area contributed by atoms with Gasteiger partial charge < -0.3 is 14.5 Å². The van der Waals surface area contributed by atoms with Crippen LogP contribution in [0.25, 0.3) is 0 Å². The number of nitrogens with zero attached hydrogens (tertiary/aromatic N) is 3. The lowest BCUT2D eigenvalue weighted by Gasteiger charge is -2.35. The Morgan fingerprint density at radius 2 is 1.81 bits per heavy atom. The van der Waals surface area contributed by atoms with Crippen molar-refractivity contribution in [3.05, 3.63) is 33.9 Å². The Morgan fingerprint density at radius 1 is 1.19 bits per heavy atom. The van der Waals surface area contributed by atoms with Gasteiger partial charge in [0.15, 0.2) is 0 Å². The molecule has 1 aromatic rings. The SMILES string of the molecule is COc1ccc([N+](=O)[O-])cc1C(=O)N1CCN(C(=O)CCC(C)C)CC1. The van der Waals surface area contributed by atoms with Gasteiger partial charge in [-0.25, -0.2) is 0 Å². The first-order valence-corrected chi connectivity index (χ1v) is 8.73. The number of nitro groups is 1. The summed E-state index contributed by atoms with van der Waals surface area (Å²) in [4.78, 5) is 38.8. The summed E-state index contributed by atoms with van der Waals surface area (Å²) in [5.74, 6) is 0.567. The third kappa shape index (κ3) is 4.71. The van der Waals surface area contributed by atoms with E-state index in [0.717, 1.165) is 6.42 Å². The molecule has 0 spiro atoms. The van der Waals surface area contributed by atoms with Crippen LogP contribution in [-0.4, -0.2) is 59.8 Å². The molecule has 142 valence electrons. The van der Waals surface area contributed by atoms with Crippen molar-refractivity contribution in [2.45, 2.75) is 26.7 Å². The molecule has 8 heteroatoms.